The molecule has 6 heteroatoms. The summed E-state index contributed by atoms with van der Waals surface area (Å²) in [7, 11) is 0. The molecular formula is C13H17N3O3. The highest BCUT2D eigenvalue weighted by molar-refractivity contribution is 5.89. The van der Waals surface area contributed by atoms with Gasteiger partial charge in [-0.3, -0.25) is 9.59 Å². The predicted octanol–water partition coefficient (Wildman–Crippen LogP) is -0.100. The van der Waals surface area contributed by atoms with Gasteiger partial charge in [-0.2, -0.15) is 0 Å². The minimum absolute atomic E-state index is 0.0730. The van der Waals surface area contributed by atoms with Crippen molar-refractivity contribution in [3.63, 3.8) is 0 Å². The van der Waals surface area contributed by atoms with Crippen LogP contribution in [0.1, 0.15) is 6.42 Å². The predicted molar refractivity (Wildman–Crippen MR) is 70.5 cm³/mol. The molecule has 1 unspecified atom stereocenters. The van der Waals surface area contributed by atoms with Crippen molar-refractivity contribution < 1.29 is 14.3 Å². The van der Waals surface area contributed by atoms with Crippen molar-refractivity contribution in [3.8, 4) is 5.75 Å². The van der Waals surface area contributed by atoms with Crippen molar-refractivity contribution in [3.05, 3.63) is 24.3 Å². The summed E-state index contributed by atoms with van der Waals surface area (Å²) in [6, 6.07) is 7.11. The van der Waals surface area contributed by atoms with Crippen LogP contribution in [0.25, 0.3) is 0 Å². The molecule has 2 amide bonds. The van der Waals surface area contributed by atoms with Crippen LogP contribution in [0.2, 0.25) is 0 Å². The van der Waals surface area contributed by atoms with Crippen molar-refractivity contribution in [2.75, 3.05) is 25.4 Å². The summed E-state index contributed by atoms with van der Waals surface area (Å²) in [6.45, 7) is 1.18. The topological polar surface area (TPSA) is 93.4 Å². The van der Waals surface area contributed by atoms with Crippen LogP contribution in [0.15, 0.2) is 24.3 Å². The number of anilines is 1. The Morgan fingerprint density at radius 1 is 1.53 bits per heavy atom. The van der Waals surface area contributed by atoms with E-state index < -0.39 is 0 Å². The number of carbonyl (C=O) groups excluding carboxylic acids is 2. The molecule has 1 atom stereocenters. The summed E-state index contributed by atoms with van der Waals surface area (Å²) >= 11 is 0. The minimum atomic E-state index is -0.264. The van der Waals surface area contributed by atoms with E-state index in [4.69, 9.17) is 10.5 Å². The Labute approximate surface area is 111 Å². The fourth-order valence-corrected chi connectivity index (χ4v) is 1.88. The fourth-order valence-electron chi connectivity index (χ4n) is 1.88. The average Bonchev–Trinajstić information content (AvgIpc) is 2.81. The summed E-state index contributed by atoms with van der Waals surface area (Å²) in [6.07, 6.45) is 0.266. The molecule has 0 bridgehead atoms. The Bertz CT molecular complexity index is 476. The highest BCUT2D eigenvalue weighted by Gasteiger charge is 2.27. The average molecular weight is 263 g/mol. The number of carbonyl (C=O) groups is 2. The molecule has 1 aliphatic rings. The number of ether oxygens (including phenoxy) is 1. The molecule has 0 aliphatic carbocycles. The zero-order valence-corrected chi connectivity index (χ0v) is 10.5. The number of amides is 2. The molecule has 2 rings (SSSR count). The summed E-state index contributed by atoms with van der Waals surface area (Å²) < 4.78 is 5.44. The van der Waals surface area contributed by atoms with E-state index in [1.807, 2.05) is 0 Å². The van der Waals surface area contributed by atoms with Gasteiger partial charge in [-0.05, 0) is 12.1 Å². The van der Waals surface area contributed by atoms with Crippen LogP contribution < -0.4 is 21.1 Å². The van der Waals surface area contributed by atoms with Crippen LogP contribution in [0.4, 0.5) is 5.69 Å². The monoisotopic (exact) mass is 263 g/mol. The summed E-state index contributed by atoms with van der Waals surface area (Å²) in [5, 5.41) is 5.37. The smallest absolute Gasteiger partial charge is 0.225 e. The number of nitrogens with one attached hydrogen (secondary N) is 2. The minimum Gasteiger partial charge on any atom is -0.492 e. The molecule has 0 radical (unpaired) electrons. The van der Waals surface area contributed by atoms with Gasteiger partial charge in [0.15, 0.2) is 0 Å². The number of hydrogen-bond acceptors (Lipinski definition) is 4. The Balaban J connectivity index is 1.66. The van der Waals surface area contributed by atoms with Crippen molar-refractivity contribution in [1.82, 2.24) is 10.6 Å². The molecule has 1 heterocycles. The molecule has 1 aromatic rings. The Hall–Kier alpha value is -2.24. The van der Waals surface area contributed by atoms with Gasteiger partial charge in [0.05, 0.1) is 12.5 Å². The van der Waals surface area contributed by atoms with Gasteiger partial charge in [-0.1, -0.05) is 6.07 Å². The Morgan fingerprint density at radius 2 is 2.37 bits per heavy atom. The van der Waals surface area contributed by atoms with E-state index in [9.17, 15) is 9.59 Å². The largest absolute Gasteiger partial charge is 0.492 e. The normalized spacial score (nSPS) is 17.9. The standard InChI is InChI=1S/C13H17N3O3/c14-10-2-1-3-11(7-10)19-5-4-15-13(18)9-6-12(17)16-8-9/h1-3,7,9H,4-6,8,14H2,(H,15,18)(H,16,17). The molecule has 6 nitrogen and oxygen atoms in total. The van der Waals surface area contributed by atoms with Crippen molar-refractivity contribution in [1.29, 1.82) is 0 Å². The number of rotatable bonds is 5. The molecule has 4 N–H and O–H groups in total. The van der Waals surface area contributed by atoms with E-state index in [0.717, 1.165) is 0 Å². The third-order valence-corrected chi connectivity index (χ3v) is 2.88. The molecular weight excluding hydrogens is 246 g/mol. The third kappa shape index (κ3) is 3.87. The fraction of sp³-hybridized carbons (Fsp3) is 0.385. The van der Waals surface area contributed by atoms with Gasteiger partial charge in [0, 0.05) is 24.7 Å². The van der Waals surface area contributed by atoms with Crippen LogP contribution in [0.3, 0.4) is 0 Å². The second kappa shape index (κ2) is 6.08. The summed E-state index contributed by atoms with van der Waals surface area (Å²) in [5.74, 6) is 0.220. The van der Waals surface area contributed by atoms with Gasteiger partial charge in [-0.25, -0.2) is 0 Å². The zero-order valence-electron chi connectivity index (χ0n) is 10.5. The van der Waals surface area contributed by atoms with Crippen LogP contribution >= 0.6 is 0 Å². The van der Waals surface area contributed by atoms with Gasteiger partial charge >= 0.3 is 0 Å². The highest BCUT2D eigenvalue weighted by Crippen LogP contribution is 2.14. The van der Waals surface area contributed by atoms with Gasteiger partial charge in [-0.15, -0.1) is 0 Å². The molecule has 102 valence electrons. The second-order valence-electron chi connectivity index (χ2n) is 4.42. The van der Waals surface area contributed by atoms with E-state index in [2.05, 4.69) is 10.6 Å². The number of nitrogens with two attached hydrogens (primary N) is 1. The molecule has 1 aromatic carbocycles. The summed E-state index contributed by atoms with van der Waals surface area (Å²) in [5.41, 5.74) is 6.25. The second-order valence-corrected chi connectivity index (χ2v) is 4.42. The lowest BCUT2D eigenvalue weighted by molar-refractivity contribution is -0.126. The lowest BCUT2D eigenvalue weighted by Crippen LogP contribution is -2.34. The molecule has 0 spiro atoms. The third-order valence-electron chi connectivity index (χ3n) is 2.88. The quantitative estimate of drug-likeness (QED) is 0.511. The SMILES string of the molecule is Nc1cccc(OCCNC(=O)C2CNC(=O)C2)c1. The number of benzene rings is 1. The van der Waals surface area contributed by atoms with E-state index in [0.29, 0.717) is 31.1 Å². The van der Waals surface area contributed by atoms with E-state index in [-0.39, 0.29) is 24.2 Å². The van der Waals surface area contributed by atoms with Crippen LogP contribution in [0, 0.1) is 5.92 Å². The summed E-state index contributed by atoms with van der Waals surface area (Å²) in [4.78, 5) is 22.7. The maximum Gasteiger partial charge on any atom is 0.225 e. The molecule has 1 saturated heterocycles. The van der Waals surface area contributed by atoms with E-state index >= 15 is 0 Å². The molecule has 1 aliphatic heterocycles. The van der Waals surface area contributed by atoms with Gasteiger partial charge in [0.25, 0.3) is 0 Å². The molecule has 19 heavy (non-hydrogen) atoms. The van der Waals surface area contributed by atoms with Crippen LogP contribution in [-0.4, -0.2) is 31.5 Å². The van der Waals surface area contributed by atoms with Crippen molar-refractivity contribution >= 4 is 17.5 Å². The van der Waals surface area contributed by atoms with Gasteiger partial charge < -0.3 is 21.1 Å². The van der Waals surface area contributed by atoms with Gasteiger partial charge in [0.1, 0.15) is 12.4 Å². The molecule has 0 aromatic heterocycles. The highest BCUT2D eigenvalue weighted by atomic mass is 16.5. The van der Waals surface area contributed by atoms with Crippen LogP contribution in [0.5, 0.6) is 5.75 Å². The first-order chi connectivity index (χ1) is 9.15. The maximum absolute atomic E-state index is 11.7. The van der Waals surface area contributed by atoms with Crippen molar-refractivity contribution in [2.24, 2.45) is 5.92 Å². The lowest BCUT2D eigenvalue weighted by Gasteiger charge is -2.10. The first-order valence-electron chi connectivity index (χ1n) is 6.18. The zero-order chi connectivity index (χ0) is 13.7. The maximum atomic E-state index is 11.7. The van der Waals surface area contributed by atoms with E-state index in [1.54, 1.807) is 24.3 Å². The van der Waals surface area contributed by atoms with Crippen molar-refractivity contribution in [2.45, 2.75) is 6.42 Å². The lowest BCUT2D eigenvalue weighted by atomic mass is 10.1. The molecule has 0 saturated carbocycles. The Morgan fingerprint density at radius 3 is 3.05 bits per heavy atom. The van der Waals surface area contributed by atoms with Gasteiger partial charge in [0.2, 0.25) is 11.8 Å². The van der Waals surface area contributed by atoms with Crippen LogP contribution in [-0.2, 0) is 9.59 Å². The Kier molecular flexibility index (Phi) is 4.22. The number of nitrogen functional groups attached to an aromatic ring is 1. The number of hydrogen-bond donors (Lipinski definition) is 3. The first kappa shape index (κ1) is 13.2. The van der Waals surface area contributed by atoms with E-state index in [1.165, 1.54) is 0 Å². The molecule has 1 fully saturated rings. The first-order valence-corrected chi connectivity index (χ1v) is 6.18.